The molecule has 0 aliphatic heterocycles. The van der Waals surface area contributed by atoms with E-state index in [4.69, 9.17) is 11.5 Å². The Morgan fingerprint density at radius 1 is 1.22 bits per heavy atom. The van der Waals surface area contributed by atoms with Crippen LogP contribution < -0.4 is 16.8 Å². The van der Waals surface area contributed by atoms with E-state index in [1.54, 1.807) is 30.3 Å². The molecular formula is C18H25N3O2. The summed E-state index contributed by atoms with van der Waals surface area (Å²) in [5.74, 6) is -0.645. The highest BCUT2D eigenvalue weighted by Crippen LogP contribution is 2.14. The van der Waals surface area contributed by atoms with E-state index in [9.17, 15) is 9.59 Å². The van der Waals surface area contributed by atoms with Crippen LogP contribution in [0, 0.1) is 0 Å². The summed E-state index contributed by atoms with van der Waals surface area (Å²) in [7, 11) is 0. The number of hydrogen-bond acceptors (Lipinski definition) is 3. The van der Waals surface area contributed by atoms with Crippen molar-refractivity contribution in [3.8, 4) is 0 Å². The number of rotatable bonds is 6. The van der Waals surface area contributed by atoms with Gasteiger partial charge in [-0.3, -0.25) is 9.59 Å². The SMILES string of the molecule is C=C(N)/C=C\C=C/C.CCCC(=O)Nc1ccccc1C(N)=O. The minimum atomic E-state index is -0.539. The predicted molar refractivity (Wildman–Crippen MR) is 95.8 cm³/mol. The number of amides is 2. The zero-order valence-electron chi connectivity index (χ0n) is 13.7. The van der Waals surface area contributed by atoms with Gasteiger partial charge in [0, 0.05) is 12.1 Å². The minimum Gasteiger partial charge on any atom is -0.399 e. The van der Waals surface area contributed by atoms with Gasteiger partial charge in [0.25, 0.3) is 5.91 Å². The molecule has 124 valence electrons. The number of primary amides is 1. The predicted octanol–water partition coefficient (Wildman–Crippen LogP) is 3.12. The second-order valence-corrected chi connectivity index (χ2v) is 4.67. The molecular weight excluding hydrogens is 290 g/mol. The first-order valence-corrected chi connectivity index (χ1v) is 7.34. The van der Waals surface area contributed by atoms with Crippen molar-refractivity contribution in [2.24, 2.45) is 11.5 Å². The number of nitrogens with two attached hydrogens (primary N) is 2. The van der Waals surface area contributed by atoms with E-state index < -0.39 is 5.91 Å². The number of nitrogens with one attached hydrogen (secondary N) is 1. The molecule has 1 rings (SSSR count). The summed E-state index contributed by atoms with van der Waals surface area (Å²) in [5.41, 5.74) is 11.8. The fourth-order valence-corrected chi connectivity index (χ4v) is 1.54. The number of para-hydroxylation sites is 1. The van der Waals surface area contributed by atoms with Gasteiger partial charge in [-0.05, 0) is 31.6 Å². The summed E-state index contributed by atoms with van der Waals surface area (Å²) in [5, 5.41) is 2.65. The van der Waals surface area contributed by atoms with Crippen LogP contribution in [0.2, 0.25) is 0 Å². The highest BCUT2D eigenvalue weighted by molar-refractivity contribution is 6.02. The van der Waals surface area contributed by atoms with E-state index in [0.717, 1.165) is 6.42 Å². The summed E-state index contributed by atoms with van der Waals surface area (Å²) in [6.45, 7) is 7.35. The summed E-state index contributed by atoms with van der Waals surface area (Å²) in [4.78, 5) is 22.4. The number of hydrogen-bond donors (Lipinski definition) is 3. The van der Waals surface area contributed by atoms with E-state index in [0.29, 0.717) is 23.4 Å². The lowest BCUT2D eigenvalue weighted by Gasteiger charge is -2.07. The van der Waals surface area contributed by atoms with Crippen LogP contribution in [0.3, 0.4) is 0 Å². The van der Waals surface area contributed by atoms with Crippen LogP contribution in [-0.4, -0.2) is 11.8 Å². The molecule has 0 atom stereocenters. The maximum Gasteiger partial charge on any atom is 0.250 e. The molecule has 0 spiro atoms. The van der Waals surface area contributed by atoms with Gasteiger partial charge in [-0.1, -0.05) is 43.9 Å². The molecule has 0 radical (unpaired) electrons. The smallest absolute Gasteiger partial charge is 0.250 e. The molecule has 0 aromatic heterocycles. The maximum atomic E-state index is 11.3. The molecule has 0 unspecified atom stereocenters. The van der Waals surface area contributed by atoms with Crippen molar-refractivity contribution in [1.29, 1.82) is 0 Å². The van der Waals surface area contributed by atoms with E-state index in [1.807, 2.05) is 32.1 Å². The number of benzene rings is 1. The quantitative estimate of drug-likeness (QED) is 0.703. The second kappa shape index (κ2) is 11.8. The van der Waals surface area contributed by atoms with Gasteiger partial charge in [0.1, 0.15) is 0 Å². The average molecular weight is 315 g/mol. The number of allylic oxidation sites excluding steroid dienone is 4. The number of carbonyl (C=O) groups is 2. The molecule has 5 nitrogen and oxygen atoms in total. The first-order valence-electron chi connectivity index (χ1n) is 7.34. The first kappa shape index (κ1) is 20.2. The van der Waals surface area contributed by atoms with Crippen LogP contribution >= 0.6 is 0 Å². The van der Waals surface area contributed by atoms with E-state index in [-0.39, 0.29) is 5.91 Å². The van der Waals surface area contributed by atoms with Crippen LogP contribution in [0.15, 0.2) is 60.8 Å². The van der Waals surface area contributed by atoms with Gasteiger partial charge in [0.15, 0.2) is 0 Å². The Morgan fingerprint density at radius 2 is 1.87 bits per heavy atom. The van der Waals surface area contributed by atoms with E-state index in [2.05, 4.69) is 11.9 Å². The minimum absolute atomic E-state index is 0.105. The monoisotopic (exact) mass is 315 g/mol. The zero-order valence-corrected chi connectivity index (χ0v) is 13.7. The third kappa shape index (κ3) is 9.68. The Kier molecular flexibility index (Phi) is 10.4. The molecule has 23 heavy (non-hydrogen) atoms. The highest BCUT2D eigenvalue weighted by Gasteiger charge is 2.08. The van der Waals surface area contributed by atoms with Crippen molar-refractivity contribution in [1.82, 2.24) is 0 Å². The lowest BCUT2D eigenvalue weighted by molar-refractivity contribution is -0.116. The molecule has 0 aliphatic carbocycles. The Hall–Kier alpha value is -2.82. The summed E-state index contributed by atoms with van der Waals surface area (Å²) in [6, 6.07) is 6.70. The van der Waals surface area contributed by atoms with Crippen molar-refractivity contribution in [3.05, 3.63) is 66.4 Å². The van der Waals surface area contributed by atoms with Gasteiger partial charge in [-0.25, -0.2) is 0 Å². The fraction of sp³-hybridized carbons (Fsp3) is 0.222. The Morgan fingerprint density at radius 3 is 2.39 bits per heavy atom. The van der Waals surface area contributed by atoms with Crippen molar-refractivity contribution < 1.29 is 9.59 Å². The molecule has 0 fully saturated rings. The zero-order chi connectivity index (χ0) is 17.7. The third-order valence-corrected chi connectivity index (χ3v) is 2.56. The van der Waals surface area contributed by atoms with Gasteiger partial charge in [-0.15, -0.1) is 0 Å². The van der Waals surface area contributed by atoms with Crippen molar-refractivity contribution in [2.75, 3.05) is 5.32 Å². The third-order valence-electron chi connectivity index (χ3n) is 2.56. The van der Waals surface area contributed by atoms with Crippen LogP contribution in [0.5, 0.6) is 0 Å². The normalized spacial score (nSPS) is 10.2. The molecule has 5 N–H and O–H groups in total. The van der Waals surface area contributed by atoms with Crippen molar-refractivity contribution >= 4 is 17.5 Å². The fourth-order valence-electron chi connectivity index (χ4n) is 1.54. The Balaban J connectivity index is 0.000000515. The van der Waals surface area contributed by atoms with Gasteiger partial charge < -0.3 is 16.8 Å². The lowest BCUT2D eigenvalue weighted by Crippen LogP contribution is -2.17. The van der Waals surface area contributed by atoms with Gasteiger partial charge in [-0.2, -0.15) is 0 Å². The van der Waals surface area contributed by atoms with Crippen LogP contribution in [0.1, 0.15) is 37.0 Å². The van der Waals surface area contributed by atoms with Gasteiger partial charge >= 0.3 is 0 Å². The standard InChI is InChI=1S/C11H14N2O2.C7H11N/c1-2-5-10(14)13-9-7-4-3-6-8(9)11(12)15;1-3-4-5-6-7(2)8/h3-4,6-7H,2,5H2,1H3,(H2,12,15)(H,13,14);3-6H,2,8H2,1H3/b;4-3-,6-5-. The van der Waals surface area contributed by atoms with E-state index in [1.165, 1.54) is 0 Å². The Bertz CT molecular complexity index is 590. The Labute approximate surface area is 137 Å². The average Bonchev–Trinajstić information content (AvgIpc) is 2.48. The van der Waals surface area contributed by atoms with Crippen LogP contribution in [0.25, 0.3) is 0 Å². The van der Waals surface area contributed by atoms with Crippen molar-refractivity contribution in [3.63, 3.8) is 0 Å². The topological polar surface area (TPSA) is 98.2 Å². The molecule has 1 aromatic carbocycles. The largest absolute Gasteiger partial charge is 0.399 e. The first-order chi connectivity index (χ1) is 10.9. The number of anilines is 1. The van der Waals surface area contributed by atoms with Gasteiger partial charge in [0.05, 0.1) is 11.3 Å². The number of carbonyl (C=O) groups excluding carboxylic acids is 2. The molecule has 0 saturated carbocycles. The second-order valence-electron chi connectivity index (χ2n) is 4.67. The molecule has 0 saturated heterocycles. The lowest BCUT2D eigenvalue weighted by atomic mass is 10.1. The van der Waals surface area contributed by atoms with E-state index >= 15 is 0 Å². The molecule has 0 heterocycles. The summed E-state index contributed by atoms with van der Waals surface area (Å²) >= 11 is 0. The molecule has 1 aromatic rings. The highest BCUT2D eigenvalue weighted by atomic mass is 16.2. The van der Waals surface area contributed by atoms with Crippen LogP contribution in [0.4, 0.5) is 5.69 Å². The van der Waals surface area contributed by atoms with Gasteiger partial charge in [0.2, 0.25) is 5.91 Å². The maximum absolute atomic E-state index is 11.3. The summed E-state index contributed by atoms with van der Waals surface area (Å²) < 4.78 is 0. The molecule has 0 aliphatic rings. The molecule has 0 bridgehead atoms. The molecule has 5 heteroatoms. The summed E-state index contributed by atoms with van der Waals surface area (Å²) in [6.07, 6.45) is 8.64. The van der Waals surface area contributed by atoms with Crippen molar-refractivity contribution in [2.45, 2.75) is 26.7 Å². The van der Waals surface area contributed by atoms with Crippen LogP contribution in [-0.2, 0) is 4.79 Å². The molecule has 2 amide bonds.